The smallest absolute Gasteiger partial charge is 0.391 e. The van der Waals surface area contributed by atoms with Crippen molar-refractivity contribution in [2.45, 2.75) is 51.3 Å². The van der Waals surface area contributed by atoms with Gasteiger partial charge < -0.3 is 21.1 Å². The lowest BCUT2D eigenvalue weighted by Gasteiger charge is -2.35. The Morgan fingerprint density at radius 3 is 2.56 bits per heavy atom. The van der Waals surface area contributed by atoms with Gasteiger partial charge in [-0.05, 0) is 51.5 Å². The maximum Gasteiger partial charge on any atom is 0.391 e. The minimum atomic E-state index is -4.15. The molecule has 1 saturated heterocycles. The number of aliphatic hydroxyl groups is 1. The van der Waals surface area contributed by atoms with Gasteiger partial charge in [0.1, 0.15) is 6.33 Å². The van der Waals surface area contributed by atoms with Gasteiger partial charge in [-0.15, -0.1) is 0 Å². The third-order valence-corrected chi connectivity index (χ3v) is 6.96. The van der Waals surface area contributed by atoms with E-state index in [4.69, 9.17) is 5.73 Å². The fraction of sp³-hybridized carbons (Fsp3) is 0.773. The molecule has 0 radical (unpaired) electrons. The first-order valence-electron chi connectivity index (χ1n) is 11.8. The van der Waals surface area contributed by atoms with E-state index in [1.165, 1.54) is 6.33 Å². The summed E-state index contributed by atoms with van der Waals surface area (Å²) in [6.07, 6.45) is -1.87. The van der Waals surface area contributed by atoms with E-state index < -0.39 is 29.9 Å². The number of β-amino-alcohol motifs (C(OH)–C–C–N with tert-alkyl or cyclic N) is 1. The molecule has 2 atom stereocenters. The minimum absolute atomic E-state index is 0.0241. The number of nitrogens with two attached hydrogens (primary N) is 1. The lowest BCUT2D eigenvalue weighted by atomic mass is 9.81. The molecular formula is C22H34F4N6O2. The van der Waals surface area contributed by atoms with Gasteiger partial charge >= 0.3 is 6.18 Å². The summed E-state index contributed by atoms with van der Waals surface area (Å²) in [5, 5.41) is 13.4. The first-order valence-corrected chi connectivity index (χ1v) is 11.8. The van der Waals surface area contributed by atoms with E-state index in [-0.39, 0.29) is 42.9 Å². The number of hydrogen-bond donors (Lipinski definition) is 3. The molecule has 12 heteroatoms. The molecule has 4 N–H and O–H groups in total. The summed E-state index contributed by atoms with van der Waals surface area (Å²) in [5.74, 6) is -2.27. The van der Waals surface area contributed by atoms with Crippen molar-refractivity contribution < 1.29 is 27.5 Å². The number of primary amides is 1. The molecule has 1 unspecified atom stereocenters. The number of amides is 1. The van der Waals surface area contributed by atoms with Crippen LogP contribution < -0.4 is 16.0 Å². The highest BCUT2D eigenvalue weighted by molar-refractivity contribution is 5.75. The topological polar surface area (TPSA) is 108 Å². The van der Waals surface area contributed by atoms with Crippen molar-refractivity contribution in [2.24, 2.45) is 23.5 Å². The van der Waals surface area contributed by atoms with E-state index in [1.54, 1.807) is 9.80 Å². The van der Waals surface area contributed by atoms with Gasteiger partial charge in [-0.2, -0.15) is 17.6 Å². The Morgan fingerprint density at radius 1 is 1.26 bits per heavy atom. The molecule has 3 rings (SSSR count). The van der Waals surface area contributed by atoms with Crippen LogP contribution >= 0.6 is 0 Å². The Labute approximate surface area is 196 Å². The second-order valence-corrected chi connectivity index (χ2v) is 9.36. The molecule has 192 valence electrons. The van der Waals surface area contributed by atoms with Crippen LogP contribution in [0.3, 0.4) is 0 Å². The number of aliphatic hydroxyl groups excluding tert-OH is 1. The zero-order chi connectivity index (χ0) is 24.9. The number of aromatic nitrogens is 2. The molecule has 2 fully saturated rings. The standard InChI is InChI=1S/C22H34F4N6O2/c1-2-32(10-14-3-5-16(6-4-14)22(24,25)26)21-19(23)20(29-13-30-21)28-9-15-7-8-31(11-17(15)33)12-18(27)34/h13-17,33H,2-12H2,1H3,(H2,27,34)(H,28,29,30)/t14-,15?,16-,17-/m0/s1. The SMILES string of the molecule is CCN(C[C@H]1CC[C@H](C(F)(F)F)CC1)c1ncnc(NCC2CCN(CC(N)=O)C[C@@H]2O)c1F. The Bertz CT molecular complexity index is 819. The van der Waals surface area contributed by atoms with Crippen molar-refractivity contribution in [1.82, 2.24) is 14.9 Å². The summed E-state index contributed by atoms with van der Waals surface area (Å²) >= 11 is 0. The third kappa shape index (κ3) is 6.91. The minimum Gasteiger partial charge on any atom is -0.391 e. The summed E-state index contributed by atoms with van der Waals surface area (Å²) in [6, 6.07) is 0. The number of rotatable bonds is 9. The van der Waals surface area contributed by atoms with Crippen molar-refractivity contribution in [3.05, 3.63) is 12.1 Å². The molecule has 2 aliphatic rings. The van der Waals surface area contributed by atoms with Gasteiger partial charge in [0, 0.05) is 32.1 Å². The summed E-state index contributed by atoms with van der Waals surface area (Å²) in [7, 11) is 0. The lowest BCUT2D eigenvalue weighted by Crippen LogP contribution is -2.48. The fourth-order valence-corrected chi connectivity index (χ4v) is 4.93. The predicted molar refractivity (Wildman–Crippen MR) is 120 cm³/mol. The van der Waals surface area contributed by atoms with Crippen molar-refractivity contribution in [1.29, 1.82) is 0 Å². The van der Waals surface area contributed by atoms with E-state index >= 15 is 4.39 Å². The Hall–Kier alpha value is -2.21. The van der Waals surface area contributed by atoms with Crippen LogP contribution in [0.5, 0.6) is 0 Å². The number of piperidine rings is 1. The first-order chi connectivity index (χ1) is 16.1. The Morgan fingerprint density at radius 2 is 1.97 bits per heavy atom. The van der Waals surface area contributed by atoms with Crippen LogP contribution in [-0.4, -0.2) is 77.4 Å². The second kappa shape index (κ2) is 11.5. The monoisotopic (exact) mass is 490 g/mol. The maximum atomic E-state index is 15.2. The van der Waals surface area contributed by atoms with Crippen LogP contribution in [0.15, 0.2) is 6.33 Å². The molecule has 0 spiro atoms. The van der Waals surface area contributed by atoms with Crippen molar-refractivity contribution in [3.63, 3.8) is 0 Å². The molecule has 1 saturated carbocycles. The highest BCUT2D eigenvalue weighted by atomic mass is 19.4. The van der Waals surface area contributed by atoms with Gasteiger partial charge in [0.15, 0.2) is 11.6 Å². The van der Waals surface area contributed by atoms with Crippen LogP contribution in [-0.2, 0) is 4.79 Å². The molecule has 1 amide bonds. The van der Waals surface area contributed by atoms with E-state index in [2.05, 4.69) is 15.3 Å². The molecule has 8 nitrogen and oxygen atoms in total. The molecule has 2 heterocycles. The number of carbonyl (C=O) groups excluding carboxylic acids is 1. The number of alkyl halides is 3. The van der Waals surface area contributed by atoms with Crippen LogP contribution in [0.2, 0.25) is 0 Å². The van der Waals surface area contributed by atoms with E-state index in [9.17, 15) is 23.1 Å². The summed E-state index contributed by atoms with van der Waals surface area (Å²) in [6.45, 7) is 4.05. The Balaban J connectivity index is 1.57. The molecule has 1 aliphatic heterocycles. The number of carbonyl (C=O) groups is 1. The van der Waals surface area contributed by atoms with Gasteiger partial charge in [0.2, 0.25) is 11.7 Å². The number of anilines is 2. The average Bonchev–Trinajstić information content (AvgIpc) is 2.77. The van der Waals surface area contributed by atoms with Gasteiger partial charge in [-0.25, -0.2) is 9.97 Å². The van der Waals surface area contributed by atoms with Gasteiger partial charge in [0.25, 0.3) is 0 Å². The van der Waals surface area contributed by atoms with Crippen LogP contribution in [0, 0.1) is 23.6 Å². The van der Waals surface area contributed by atoms with Gasteiger partial charge in [-0.3, -0.25) is 9.69 Å². The predicted octanol–water partition coefficient (Wildman–Crippen LogP) is 2.39. The van der Waals surface area contributed by atoms with Crippen LogP contribution in [0.25, 0.3) is 0 Å². The molecule has 0 bridgehead atoms. The molecule has 1 aromatic rings. The van der Waals surface area contributed by atoms with E-state index in [0.29, 0.717) is 52.0 Å². The highest BCUT2D eigenvalue weighted by Gasteiger charge is 2.41. The third-order valence-electron chi connectivity index (χ3n) is 6.96. The largest absolute Gasteiger partial charge is 0.391 e. The normalized spacial score (nSPS) is 26.3. The zero-order valence-electron chi connectivity index (χ0n) is 19.4. The molecule has 1 aromatic heterocycles. The highest BCUT2D eigenvalue weighted by Crippen LogP contribution is 2.40. The van der Waals surface area contributed by atoms with Crippen molar-refractivity contribution >= 4 is 17.5 Å². The average molecular weight is 491 g/mol. The number of nitrogens with zero attached hydrogens (tertiary/aromatic N) is 4. The summed E-state index contributed by atoms with van der Waals surface area (Å²) in [5.41, 5.74) is 5.21. The molecular weight excluding hydrogens is 456 g/mol. The Kier molecular flexibility index (Phi) is 8.91. The van der Waals surface area contributed by atoms with E-state index in [0.717, 1.165) is 0 Å². The lowest BCUT2D eigenvalue weighted by molar-refractivity contribution is -0.183. The van der Waals surface area contributed by atoms with E-state index in [1.807, 2.05) is 6.92 Å². The first kappa shape index (κ1) is 26.4. The summed E-state index contributed by atoms with van der Waals surface area (Å²) in [4.78, 5) is 22.7. The van der Waals surface area contributed by atoms with Crippen LogP contribution in [0.1, 0.15) is 39.0 Å². The zero-order valence-corrected chi connectivity index (χ0v) is 19.4. The number of likely N-dealkylation sites (tertiary alicyclic amines) is 1. The van der Waals surface area contributed by atoms with Gasteiger partial charge in [0.05, 0.1) is 18.6 Å². The quantitative estimate of drug-likeness (QED) is 0.456. The van der Waals surface area contributed by atoms with Crippen molar-refractivity contribution in [3.8, 4) is 0 Å². The second-order valence-electron chi connectivity index (χ2n) is 9.36. The van der Waals surface area contributed by atoms with Crippen molar-refractivity contribution in [2.75, 3.05) is 49.5 Å². The molecule has 0 aromatic carbocycles. The molecule has 1 aliphatic carbocycles. The van der Waals surface area contributed by atoms with Crippen LogP contribution in [0.4, 0.5) is 29.2 Å². The maximum absolute atomic E-state index is 15.2. The summed E-state index contributed by atoms with van der Waals surface area (Å²) < 4.78 is 54.1. The van der Waals surface area contributed by atoms with Gasteiger partial charge in [-0.1, -0.05) is 0 Å². The number of nitrogens with one attached hydrogen (secondary N) is 1. The molecule has 34 heavy (non-hydrogen) atoms. The number of halogens is 4. The number of hydrogen-bond acceptors (Lipinski definition) is 7. The fourth-order valence-electron chi connectivity index (χ4n) is 4.93.